The Balaban J connectivity index is 1.80. The van der Waals surface area contributed by atoms with Gasteiger partial charge in [0.1, 0.15) is 0 Å². The van der Waals surface area contributed by atoms with E-state index in [9.17, 15) is 4.79 Å². The largest absolute Gasteiger partial charge is 0.384 e. The third-order valence-corrected chi connectivity index (χ3v) is 4.09. The smallest absolute Gasteiger partial charge is 0.223 e. The molecule has 2 N–H and O–H groups in total. The average Bonchev–Trinajstić information content (AvgIpc) is 2.84. The number of nitrogens with one attached hydrogen (secondary N) is 2. The van der Waals surface area contributed by atoms with E-state index in [1.165, 1.54) is 11.3 Å². The first-order valence-corrected chi connectivity index (χ1v) is 7.36. The molecule has 1 aromatic rings. The minimum Gasteiger partial charge on any atom is -0.384 e. The third kappa shape index (κ3) is 3.28. The Labute approximate surface area is 115 Å². The van der Waals surface area contributed by atoms with Crippen molar-refractivity contribution in [1.82, 2.24) is 5.32 Å². The number of fused-ring (bicyclic) bond motifs is 1. The lowest BCUT2D eigenvalue weighted by molar-refractivity contribution is -0.125. The minimum atomic E-state index is 0.175. The van der Waals surface area contributed by atoms with Crippen molar-refractivity contribution in [2.45, 2.75) is 39.0 Å². The van der Waals surface area contributed by atoms with Crippen molar-refractivity contribution in [1.29, 1.82) is 0 Å². The molecule has 1 heterocycles. The van der Waals surface area contributed by atoms with Gasteiger partial charge in [0.15, 0.2) is 0 Å². The van der Waals surface area contributed by atoms with E-state index in [1.54, 1.807) is 0 Å². The molecule has 0 radical (unpaired) electrons. The molecule has 1 unspecified atom stereocenters. The van der Waals surface area contributed by atoms with Crippen LogP contribution in [0.2, 0.25) is 0 Å². The average molecular weight is 260 g/mol. The SMILES string of the molecule is CCC(CC)C(=O)NCCC1CNc2ccccc21. The Kier molecular flexibility index (Phi) is 4.83. The van der Waals surface area contributed by atoms with E-state index < -0.39 is 0 Å². The number of hydrogen-bond donors (Lipinski definition) is 2. The van der Waals surface area contributed by atoms with Gasteiger partial charge in [-0.25, -0.2) is 0 Å². The van der Waals surface area contributed by atoms with Gasteiger partial charge in [0.05, 0.1) is 0 Å². The summed E-state index contributed by atoms with van der Waals surface area (Å²) < 4.78 is 0. The number of hydrogen-bond acceptors (Lipinski definition) is 2. The van der Waals surface area contributed by atoms with Crippen LogP contribution in [0, 0.1) is 5.92 Å². The summed E-state index contributed by atoms with van der Waals surface area (Å²) in [7, 11) is 0. The maximum Gasteiger partial charge on any atom is 0.223 e. The molecular weight excluding hydrogens is 236 g/mol. The van der Waals surface area contributed by atoms with Crippen molar-refractivity contribution >= 4 is 11.6 Å². The zero-order valence-electron chi connectivity index (χ0n) is 11.9. The number of carbonyl (C=O) groups excluding carboxylic acids is 1. The monoisotopic (exact) mass is 260 g/mol. The fraction of sp³-hybridized carbons (Fsp3) is 0.562. The van der Waals surface area contributed by atoms with Crippen LogP contribution >= 0.6 is 0 Å². The molecule has 0 bridgehead atoms. The molecule has 19 heavy (non-hydrogen) atoms. The summed E-state index contributed by atoms with van der Waals surface area (Å²) in [6.07, 6.45) is 2.86. The fourth-order valence-corrected chi connectivity index (χ4v) is 2.79. The lowest BCUT2D eigenvalue weighted by atomic mass is 9.97. The molecule has 1 aliphatic heterocycles. The molecule has 1 amide bonds. The predicted molar refractivity (Wildman–Crippen MR) is 79.4 cm³/mol. The molecule has 104 valence electrons. The molecule has 0 spiro atoms. The second-order valence-electron chi connectivity index (χ2n) is 5.26. The molecule has 3 nitrogen and oxygen atoms in total. The van der Waals surface area contributed by atoms with Crippen molar-refractivity contribution in [2.75, 3.05) is 18.4 Å². The summed E-state index contributed by atoms with van der Waals surface area (Å²) in [6.45, 7) is 5.91. The quantitative estimate of drug-likeness (QED) is 0.825. The standard InChI is InChI=1S/C16H24N2O/c1-3-12(4-2)16(19)17-10-9-13-11-18-15-8-6-5-7-14(13)15/h5-8,12-13,18H,3-4,9-11H2,1-2H3,(H,17,19). The second-order valence-corrected chi connectivity index (χ2v) is 5.26. The van der Waals surface area contributed by atoms with Gasteiger partial charge in [-0.2, -0.15) is 0 Å². The second kappa shape index (κ2) is 6.60. The lowest BCUT2D eigenvalue weighted by Crippen LogP contribution is -2.31. The molecular formula is C16H24N2O. The van der Waals surface area contributed by atoms with Gasteiger partial charge < -0.3 is 10.6 Å². The van der Waals surface area contributed by atoms with Crippen molar-refractivity contribution in [3.05, 3.63) is 29.8 Å². The van der Waals surface area contributed by atoms with Gasteiger partial charge in [0.2, 0.25) is 5.91 Å². The summed E-state index contributed by atoms with van der Waals surface area (Å²) in [5, 5.41) is 6.50. The molecule has 0 fully saturated rings. The lowest BCUT2D eigenvalue weighted by Gasteiger charge is -2.14. The van der Waals surface area contributed by atoms with Crippen molar-refractivity contribution in [3.63, 3.8) is 0 Å². The van der Waals surface area contributed by atoms with Gasteiger partial charge in [-0.3, -0.25) is 4.79 Å². The number of rotatable bonds is 6. The number of carbonyl (C=O) groups is 1. The van der Waals surface area contributed by atoms with Gasteiger partial charge in [0, 0.05) is 30.6 Å². The first-order chi connectivity index (χ1) is 9.26. The van der Waals surface area contributed by atoms with E-state index in [1.807, 2.05) is 0 Å². The van der Waals surface area contributed by atoms with Gasteiger partial charge in [-0.05, 0) is 30.9 Å². The molecule has 3 heteroatoms. The maximum absolute atomic E-state index is 11.9. The van der Waals surface area contributed by atoms with E-state index in [-0.39, 0.29) is 11.8 Å². The van der Waals surface area contributed by atoms with Crippen LogP contribution in [0.4, 0.5) is 5.69 Å². The van der Waals surface area contributed by atoms with E-state index in [2.05, 4.69) is 48.7 Å². The van der Waals surface area contributed by atoms with Crippen molar-refractivity contribution < 1.29 is 4.79 Å². The van der Waals surface area contributed by atoms with E-state index >= 15 is 0 Å². The van der Waals surface area contributed by atoms with Crippen molar-refractivity contribution in [3.8, 4) is 0 Å². The van der Waals surface area contributed by atoms with Crippen LogP contribution in [0.25, 0.3) is 0 Å². The summed E-state index contributed by atoms with van der Waals surface area (Å²) in [5.74, 6) is 0.913. The Bertz CT molecular complexity index is 427. The van der Waals surface area contributed by atoms with Gasteiger partial charge >= 0.3 is 0 Å². The molecule has 0 aliphatic carbocycles. The zero-order chi connectivity index (χ0) is 13.7. The Morgan fingerprint density at radius 3 is 2.84 bits per heavy atom. The van der Waals surface area contributed by atoms with Crippen LogP contribution in [-0.4, -0.2) is 19.0 Å². The molecule has 2 rings (SSSR count). The number of amides is 1. The number of anilines is 1. The maximum atomic E-state index is 11.9. The fourth-order valence-electron chi connectivity index (χ4n) is 2.79. The van der Waals surface area contributed by atoms with Crippen LogP contribution in [0.15, 0.2) is 24.3 Å². The topological polar surface area (TPSA) is 41.1 Å². The van der Waals surface area contributed by atoms with Gasteiger partial charge in [0.25, 0.3) is 0 Å². The summed E-state index contributed by atoms with van der Waals surface area (Å²) in [5.41, 5.74) is 2.64. The molecule has 1 atom stereocenters. The first kappa shape index (κ1) is 13.9. The summed E-state index contributed by atoms with van der Waals surface area (Å²) in [6, 6.07) is 8.45. The van der Waals surface area contributed by atoms with E-state index in [4.69, 9.17) is 0 Å². The number of benzene rings is 1. The highest BCUT2D eigenvalue weighted by molar-refractivity contribution is 5.78. The Morgan fingerprint density at radius 2 is 2.11 bits per heavy atom. The molecule has 0 saturated heterocycles. The molecule has 0 saturated carbocycles. The summed E-state index contributed by atoms with van der Waals surface area (Å²) in [4.78, 5) is 11.9. The van der Waals surface area contributed by atoms with Crippen LogP contribution in [0.5, 0.6) is 0 Å². The van der Waals surface area contributed by atoms with Crippen LogP contribution < -0.4 is 10.6 Å². The molecule has 1 aromatic carbocycles. The van der Waals surface area contributed by atoms with E-state index in [0.717, 1.165) is 32.4 Å². The highest BCUT2D eigenvalue weighted by Gasteiger charge is 2.21. The highest BCUT2D eigenvalue weighted by Crippen LogP contribution is 2.32. The van der Waals surface area contributed by atoms with Crippen molar-refractivity contribution in [2.24, 2.45) is 5.92 Å². The summed E-state index contributed by atoms with van der Waals surface area (Å²) >= 11 is 0. The number of para-hydroxylation sites is 1. The highest BCUT2D eigenvalue weighted by atomic mass is 16.1. The normalized spacial score (nSPS) is 17.1. The minimum absolute atomic E-state index is 0.175. The predicted octanol–water partition coefficient (Wildman–Crippen LogP) is 3.14. The van der Waals surface area contributed by atoms with Gasteiger partial charge in [-0.1, -0.05) is 32.0 Å². The van der Waals surface area contributed by atoms with Crippen LogP contribution in [0.3, 0.4) is 0 Å². The van der Waals surface area contributed by atoms with E-state index in [0.29, 0.717) is 5.92 Å². The molecule has 0 aromatic heterocycles. The third-order valence-electron chi connectivity index (χ3n) is 4.09. The van der Waals surface area contributed by atoms with Crippen LogP contribution in [-0.2, 0) is 4.79 Å². The van der Waals surface area contributed by atoms with Crippen LogP contribution in [0.1, 0.15) is 44.6 Å². The first-order valence-electron chi connectivity index (χ1n) is 7.36. The molecule has 1 aliphatic rings. The Hall–Kier alpha value is -1.51. The zero-order valence-corrected chi connectivity index (χ0v) is 11.9. The van der Waals surface area contributed by atoms with Gasteiger partial charge in [-0.15, -0.1) is 0 Å². The Morgan fingerprint density at radius 1 is 1.37 bits per heavy atom.